The molecule has 106 valence electrons. The molecular formula is C16H24O3. The maximum Gasteiger partial charge on any atom is 0.338 e. The fourth-order valence-electron chi connectivity index (χ4n) is 1.68. The summed E-state index contributed by atoms with van der Waals surface area (Å²) in [5.41, 5.74) is 1.52. The van der Waals surface area contributed by atoms with Crippen molar-refractivity contribution < 1.29 is 14.3 Å². The topological polar surface area (TPSA) is 35.5 Å². The van der Waals surface area contributed by atoms with E-state index in [1.54, 1.807) is 6.07 Å². The van der Waals surface area contributed by atoms with E-state index >= 15 is 0 Å². The third kappa shape index (κ3) is 5.33. The van der Waals surface area contributed by atoms with E-state index in [2.05, 4.69) is 13.8 Å². The van der Waals surface area contributed by atoms with Gasteiger partial charge in [-0.25, -0.2) is 4.79 Å². The van der Waals surface area contributed by atoms with Crippen LogP contribution in [-0.4, -0.2) is 19.2 Å². The minimum Gasteiger partial charge on any atom is -0.494 e. The summed E-state index contributed by atoms with van der Waals surface area (Å²) >= 11 is 0. The predicted octanol–water partition coefficient (Wildman–Crippen LogP) is 4.13. The van der Waals surface area contributed by atoms with Crippen LogP contribution in [-0.2, 0) is 4.74 Å². The minimum atomic E-state index is -0.244. The van der Waals surface area contributed by atoms with Crippen LogP contribution >= 0.6 is 0 Å². The third-order valence-electron chi connectivity index (χ3n) is 2.92. The molecule has 0 bridgehead atoms. The van der Waals surface area contributed by atoms with Crippen molar-refractivity contribution in [2.45, 2.75) is 46.5 Å². The Morgan fingerprint density at radius 2 is 1.79 bits per heavy atom. The highest BCUT2D eigenvalue weighted by molar-refractivity contribution is 5.91. The monoisotopic (exact) mass is 264 g/mol. The molecule has 19 heavy (non-hydrogen) atoms. The normalized spacial score (nSPS) is 10.3. The van der Waals surface area contributed by atoms with E-state index in [-0.39, 0.29) is 5.97 Å². The molecule has 0 atom stereocenters. The van der Waals surface area contributed by atoms with Gasteiger partial charge in [0.1, 0.15) is 5.75 Å². The smallest absolute Gasteiger partial charge is 0.338 e. The maximum absolute atomic E-state index is 11.8. The molecule has 0 spiro atoms. The van der Waals surface area contributed by atoms with Crippen LogP contribution in [0.2, 0.25) is 0 Å². The highest BCUT2D eigenvalue weighted by Crippen LogP contribution is 2.18. The summed E-state index contributed by atoms with van der Waals surface area (Å²) in [7, 11) is 0. The molecule has 0 fully saturated rings. The van der Waals surface area contributed by atoms with Gasteiger partial charge in [-0.05, 0) is 43.5 Å². The lowest BCUT2D eigenvalue weighted by molar-refractivity contribution is 0.0499. The van der Waals surface area contributed by atoms with Gasteiger partial charge in [0.15, 0.2) is 0 Å². The van der Waals surface area contributed by atoms with Gasteiger partial charge in [-0.1, -0.05) is 26.7 Å². The molecule has 1 rings (SSSR count). The lowest BCUT2D eigenvalue weighted by Gasteiger charge is -2.10. The van der Waals surface area contributed by atoms with Gasteiger partial charge in [-0.2, -0.15) is 0 Å². The maximum atomic E-state index is 11.8. The first-order chi connectivity index (χ1) is 9.19. The number of benzene rings is 1. The van der Waals surface area contributed by atoms with Gasteiger partial charge >= 0.3 is 5.97 Å². The summed E-state index contributed by atoms with van der Waals surface area (Å²) < 4.78 is 10.8. The molecule has 0 unspecified atom stereocenters. The fourth-order valence-corrected chi connectivity index (χ4v) is 1.68. The molecule has 0 saturated carbocycles. The number of carbonyl (C=O) groups excluding carboxylic acids is 1. The first-order valence-electron chi connectivity index (χ1n) is 7.09. The number of esters is 1. The van der Waals surface area contributed by atoms with Gasteiger partial charge in [0.2, 0.25) is 0 Å². The average Bonchev–Trinajstić information content (AvgIpc) is 2.39. The van der Waals surface area contributed by atoms with Crippen LogP contribution in [0.15, 0.2) is 18.2 Å². The van der Waals surface area contributed by atoms with Crippen LogP contribution in [0.3, 0.4) is 0 Å². The standard InChI is InChI=1S/C16H24O3/c1-4-6-10-18-14-8-9-15(13(3)12-14)16(17)19-11-7-5-2/h8-9,12H,4-7,10-11H2,1-3H3. The Labute approximate surface area is 115 Å². The van der Waals surface area contributed by atoms with Crippen LogP contribution in [0.4, 0.5) is 0 Å². The molecule has 1 aromatic carbocycles. The summed E-state index contributed by atoms with van der Waals surface area (Å²) in [5, 5.41) is 0. The molecule has 0 aliphatic rings. The zero-order valence-corrected chi connectivity index (χ0v) is 12.2. The van der Waals surface area contributed by atoms with Gasteiger partial charge in [0.05, 0.1) is 18.8 Å². The van der Waals surface area contributed by atoms with Gasteiger partial charge < -0.3 is 9.47 Å². The summed E-state index contributed by atoms with van der Waals surface area (Å²) in [6.07, 6.45) is 4.08. The van der Waals surface area contributed by atoms with Crippen molar-refractivity contribution in [3.8, 4) is 5.75 Å². The molecular weight excluding hydrogens is 240 g/mol. The van der Waals surface area contributed by atoms with Crippen LogP contribution in [0.5, 0.6) is 5.75 Å². The van der Waals surface area contributed by atoms with Gasteiger partial charge in [0.25, 0.3) is 0 Å². The molecule has 0 aliphatic carbocycles. The molecule has 0 radical (unpaired) electrons. The largest absolute Gasteiger partial charge is 0.494 e. The molecule has 0 aromatic heterocycles. The van der Waals surface area contributed by atoms with Crippen molar-refractivity contribution in [3.63, 3.8) is 0 Å². The van der Waals surface area contributed by atoms with E-state index in [0.717, 1.165) is 43.6 Å². The lowest BCUT2D eigenvalue weighted by atomic mass is 10.1. The number of ether oxygens (including phenoxy) is 2. The Balaban J connectivity index is 2.58. The summed E-state index contributed by atoms with van der Waals surface area (Å²) in [6, 6.07) is 5.51. The van der Waals surface area contributed by atoms with Crippen molar-refractivity contribution in [2.75, 3.05) is 13.2 Å². The van der Waals surface area contributed by atoms with E-state index in [1.807, 2.05) is 19.1 Å². The fraction of sp³-hybridized carbons (Fsp3) is 0.562. The highest BCUT2D eigenvalue weighted by atomic mass is 16.5. The van der Waals surface area contributed by atoms with Crippen molar-refractivity contribution in [3.05, 3.63) is 29.3 Å². The van der Waals surface area contributed by atoms with Crippen LogP contribution in [0, 0.1) is 6.92 Å². The number of hydrogen-bond donors (Lipinski definition) is 0. The van der Waals surface area contributed by atoms with E-state index in [4.69, 9.17) is 9.47 Å². The van der Waals surface area contributed by atoms with E-state index < -0.39 is 0 Å². The second-order valence-electron chi connectivity index (χ2n) is 4.67. The molecule has 0 saturated heterocycles. The van der Waals surface area contributed by atoms with Crippen molar-refractivity contribution in [1.29, 1.82) is 0 Å². The zero-order valence-electron chi connectivity index (χ0n) is 12.2. The van der Waals surface area contributed by atoms with E-state index in [1.165, 1.54) is 0 Å². The van der Waals surface area contributed by atoms with Crippen LogP contribution in [0.1, 0.15) is 55.5 Å². The quantitative estimate of drug-likeness (QED) is 0.523. The second-order valence-corrected chi connectivity index (χ2v) is 4.67. The summed E-state index contributed by atoms with van der Waals surface area (Å²) in [5.74, 6) is 0.571. The SMILES string of the molecule is CCCCOC(=O)c1ccc(OCCCC)cc1C. The highest BCUT2D eigenvalue weighted by Gasteiger charge is 2.11. The number of aryl methyl sites for hydroxylation is 1. The van der Waals surface area contributed by atoms with Gasteiger partial charge in [-0.15, -0.1) is 0 Å². The zero-order chi connectivity index (χ0) is 14.1. The van der Waals surface area contributed by atoms with Crippen LogP contribution < -0.4 is 4.74 Å². The predicted molar refractivity (Wildman–Crippen MR) is 76.8 cm³/mol. The average molecular weight is 264 g/mol. The van der Waals surface area contributed by atoms with Gasteiger partial charge in [-0.3, -0.25) is 0 Å². The summed E-state index contributed by atoms with van der Waals surface area (Å²) in [4.78, 5) is 11.8. The molecule has 0 amide bonds. The number of carbonyl (C=O) groups is 1. The van der Waals surface area contributed by atoms with E-state index in [9.17, 15) is 4.79 Å². The molecule has 0 N–H and O–H groups in total. The van der Waals surface area contributed by atoms with E-state index in [0.29, 0.717) is 12.2 Å². The molecule has 0 heterocycles. The third-order valence-corrected chi connectivity index (χ3v) is 2.92. The Morgan fingerprint density at radius 3 is 2.42 bits per heavy atom. The van der Waals surface area contributed by atoms with Crippen molar-refractivity contribution in [2.24, 2.45) is 0 Å². The van der Waals surface area contributed by atoms with Crippen molar-refractivity contribution >= 4 is 5.97 Å². The Hall–Kier alpha value is -1.51. The second kappa shape index (κ2) is 8.57. The van der Waals surface area contributed by atoms with Gasteiger partial charge in [0, 0.05) is 0 Å². The first kappa shape index (κ1) is 15.5. The first-order valence-corrected chi connectivity index (χ1v) is 7.09. The Kier molecular flexibility index (Phi) is 7.01. The molecule has 1 aromatic rings. The lowest BCUT2D eigenvalue weighted by Crippen LogP contribution is -2.08. The minimum absolute atomic E-state index is 0.244. The Morgan fingerprint density at radius 1 is 1.11 bits per heavy atom. The Bertz CT molecular complexity index is 399. The summed E-state index contributed by atoms with van der Waals surface area (Å²) in [6.45, 7) is 7.31. The molecule has 0 aliphatic heterocycles. The van der Waals surface area contributed by atoms with Crippen molar-refractivity contribution in [1.82, 2.24) is 0 Å². The number of hydrogen-bond acceptors (Lipinski definition) is 3. The molecule has 3 heteroatoms. The molecule has 3 nitrogen and oxygen atoms in total. The number of rotatable bonds is 8. The van der Waals surface area contributed by atoms with Crippen LogP contribution in [0.25, 0.3) is 0 Å². The number of unbranched alkanes of at least 4 members (excludes halogenated alkanes) is 2.